The maximum atomic E-state index is 14.3. The van der Waals surface area contributed by atoms with Crippen LogP contribution in [0.5, 0.6) is 0 Å². The van der Waals surface area contributed by atoms with Crippen LogP contribution in [0.15, 0.2) is 61.2 Å². The molecule has 0 saturated carbocycles. The quantitative estimate of drug-likeness (QED) is 0.359. The number of amides is 4. The minimum atomic E-state index is -1.36. The standard InChI is InChI=1S/C31H42N4O5/c1-8-21-16-13-17-23(18-21)26(27(37)33-20-22-14-11-10-12-15-22)35(31(6,7)9-2)28(38)24(19-25(32)36)34-29(39)40-30(3,4)5/h8,10-18,24,26H,1,9,19-20H2,2-7H3,(H2,32,36)(H,33,37)(H,34,39). The van der Waals surface area contributed by atoms with Gasteiger partial charge in [0, 0.05) is 12.1 Å². The van der Waals surface area contributed by atoms with Crippen LogP contribution < -0.4 is 16.4 Å². The molecule has 2 atom stereocenters. The lowest BCUT2D eigenvalue weighted by Gasteiger charge is -2.44. The van der Waals surface area contributed by atoms with E-state index in [2.05, 4.69) is 17.2 Å². The summed E-state index contributed by atoms with van der Waals surface area (Å²) >= 11 is 0. The second kappa shape index (κ2) is 13.8. The maximum absolute atomic E-state index is 14.3. The van der Waals surface area contributed by atoms with Gasteiger partial charge in [0.1, 0.15) is 17.7 Å². The highest BCUT2D eigenvalue weighted by Crippen LogP contribution is 2.33. The van der Waals surface area contributed by atoms with Crippen molar-refractivity contribution in [2.45, 2.75) is 84.2 Å². The van der Waals surface area contributed by atoms with Gasteiger partial charge in [-0.2, -0.15) is 0 Å². The Labute approximate surface area is 237 Å². The molecule has 0 heterocycles. The summed E-state index contributed by atoms with van der Waals surface area (Å²) < 4.78 is 5.34. The lowest BCUT2D eigenvalue weighted by atomic mass is 9.91. The molecule has 0 spiro atoms. The Kier molecular flexibility index (Phi) is 11.0. The number of benzene rings is 2. The van der Waals surface area contributed by atoms with Crippen molar-refractivity contribution in [3.05, 3.63) is 77.9 Å². The average molecular weight is 551 g/mol. The summed E-state index contributed by atoms with van der Waals surface area (Å²) in [5, 5.41) is 5.46. The first-order valence-electron chi connectivity index (χ1n) is 13.3. The first-order valence-corrected chi connectivity index (χ1v) is 13.3. The van der Waals surface area contributed by atoms with E-state index >= 15 is 0 Å². The molecule has 0 aromatic heterocycles. The van der Waals surface area contributed by atoms with Gasteiger partial charge >= 0.3 is 6.09 Å². The first-order chi connectivity index (χ1) is 18.7. The number of rotatable bonds is 12. The summed E-state index contributed by atoms with van der Waals surface area (Å²) in [6.45, 7) is 14.7. The number of hydrogen-bond acceptors (Lipinski definition) is 5. The van der Waals surface area contributed by atoms with Crippen molar-refractivity contribution in [3.63, 3.8) is 0 Å². The van der Waals surface area contributed by atoms with E-state index in [0.29, 0.717) is 12.0 Å². The minimum absolute atomic E-state index is 0.243. The Morgan fingerprint density at radius 3 is 2.23 bits per heavy atom. The van der Waals surface area contributed by atoms with Crippen LogP contribution >= 0.6 is 0 Å². The fraction of sp³-hybridized carbons (Fsp3) is 0.419. The van der Waals surface area contributed by atoms with Crippen LogP contribution in [-0.4, -0.2) is 45.9 Å². The van der Waals surface area contributed by atoms with Gasteiger partial charge in [0.2, 0.25) is 17.7 Å². The third-order valence-electron chi connectivity index (χ3n) is 6.43. The second-order valence-electron chi connectivity index (χ2n) is 11.2. The molecule has 4 N–H and O–H groups in total. The van der Waals surface area contributed by atoms with E-state index in [1.165, 1.54) is 4.90 Å². The maximum Gasteiger partial charge on any atom is 0.408 e. The molecule has 0 aliphatic carbocycles. The normalized spacial score (nSPS) is 12.9. The molecule has 2 aromatic carbocycles. The van der Waals surface area contributed by atoms with Crippen LogP contribution in [0.25, 0.3) is 6.08 Å². The topological polar surface area (TPSA) is 131 Å². The monoisotopic (exact) mass is 550 g/mol. The smallest absolute Gasteiger partial charge is 0.408 e. The van der Waals surface area contributed by atoms with E-state index in [1.807, 2.05) is 57.2 Å². The van der Waals surface area contributed by atoms with Gasteiger partial charge in [-0.1, -0.05) is 68.1 Å². The number of nitrogens with two attached hydrogens (primary N) is 1. The molecule has 216 valence electrons. The molecule has 4 amide bonds. The van der Waals surface area contributed by atoms with Crippen molar-refractivity contribution in [3.8, 4) is 0 Å². The van der Waals surface area contributed by atoms with Gasteiger partial charge in [-0.3, -0.25) is 14.4 Å². The number of nitrogens with one attached hydrogen (secondary N) is 2. The van der Waals surface area contributed by atoms with Crippen LogP contribution in [0, 0.1) is 0 Å². The number of carbonyl (C=O) groups is 4. The molecule has 0 fully saturated rings. The number of carbonyl (C=O) groups excluding carboxylic acids is 4. The van der Waals surface area contributed by atoms with Gasteiger partial charge in [0.15, 0.2) is 0 Å². The minimum Gasteiger partial charge on any atom is -0.444 e. The third-order valence-corrected chi connectivity index (χ3v) is 6.43. The van der Waals surface area contributed by atoms with Crippen LogP contribution in [-0.2, 0) is 25.7 Å². The summed E-state index contributed by atoms with van der Waals surface area (Å²) in [7, 11) is 0. The molecule has 0 aliphatic rings. The third kappa shape index (κ3) is 9.25. The Balaban J connectivity index is 2.61. The van der Waals surface area contributed by atoms with Gasteiger partial charge in [-0.05, 0) is 63.8 Å². The summed E-state index contributed by atoms with van der Waals surface area (Å²) in [4.78, 5) is 54.3. The molecule has 0 aliphatic heterocycles. The number of primary amides is 1. The molecular weight excluding hydrogens is 508 g/mol. The fourth-order valence-electron chi connectivity index (χ4n) is 4.12. The van der Waals surface area contributed by atoms with Gasteiger partial charge in [0.25, 0.3) is 0 Å². The molecule has 0 radical (unpaired) electrons. The largest absolute Gasteiger partial charge is 0.444 e. The first kappa shape index (κ1) is 32.1. The van der Waals surface area contributed by atoms with Crippen LogP contribution in [0.3, 0.4) is 0 Å². The number of hydrogen-bond donors (Lipinski definition) is 3. The van der Waals surface area contributed by atoms with E-state index in [-0.39, 0.29) is 6.54 Å². The molecule has 9 heteroatoms. The van der Waals surface area contributed by atoms with Gasteiger partial charge in [-0.25, -0.2) is 4.79 Å². The summed E-state index contributed by atoms with van der Waals surface area (Å²) in [5.41, 5.74) is 5.97. The van der Waals surface area contributed by atoms with Crippen molar-refractivity contribution in [1.82, 2.24) is 15.5 Å². The van der Waals surface area contributed by atoms with E-state index < -0.39 is 53.5 Å². The Morgan fingerprint density at radius 2 is 1.68 bits per heavy atom. The molecule has 2 rings (SSSR count). The number of ether oxygens (including phenoxy) is 1. The Morgan fingerprint density at radius 1 is 1.02 bits per heavy atom. The Bertz CT molecular complexity index is 1200. The van der Waals surface area contributed by atoms with Crippen LogP contribution in [0.1, 0.15) is 77.1 Å². The van der Waals surface area contributed by atoms with Crippen molar-refractivity contribution in [1.29, 1.82) is 0 Å². The molecule has 0 saturated heterocycles. The molecule has 2 aromatic rings. The zero-order valence-electron chi connectivity index (χ0n) is 24.3. The lowest BCUT2D eigenvalue weighted by molar-refractivity contribution is -0.150. The highest BCUT2D eigenvalue weighted by molar-refractivity contribution is 5.95. The van der Waals surface area contributed by atoms with E-state index in [1.54, 1.807) is 45.0 Å². The summed E-state index contributed by atoms with van der Waals surface area (Å²) in [6.07, 6.45) is 0.775. The average Bonchev–Trinajstić information content (AvgIpc) is 2.88. The predicted octanol–water partition coefficient (Wildman–Crippen LogP) is 4.47. The SMILES string of the molecule is C=Cc1cccc(C(C(=O)NCc2ccccc2)N(C(=O)C(CC(N)=O)NC(=O)OC(C)(C)C)C(C)(C)CC)c1. The molecule has 2 unspecified atom stereocenters. The van der Waals surface area contributed by atoms with Crippen molar-refractivity contribution < 1.29 is 23.9 Å². The van der Waals surface area contributed by atoms with E-state index in [4.69, 9.17) is 10.5 Å². The van der Waals surface area contributed by atoms with Crippen molar-refractivity contribution in [2.75, 3.05) is 0 Å². The summed E-state index contributed by atoms with van der Waals surface area (Å²) in [6, 6.07) is 14.1. The van der Waals surface area contributed by atoms with Gasteiger partial charge in [0.05, 0.1) is 6.42 Å². The second-order valence-corrected chi connectivity index (χ2v) is 11.2. The molecule has 40 heavy (non-hydrogen) atoms. The van der Waals surface area contributed by atoms with Crippen molar-refractivity contribution >= 4 is 29.9 Å². The summed E-state index contributed by atoms with van der Waals surface area (Å²) in [5.74, 6) is -1.85. The highest BCUT2D eigenvalue weighted by Gasteiger charge is 2.43. The Hall–Kier alpha value is -4.14. The molecule has 0 bridgehead atoms. The van der Waals surface area contributed by atoms with Crippen molar-refractivity contribution in [2.24, 2.45) is 5.73 Å². The van der Waals surface area contributed by atoms with E-state index in [9.17, 15) is 19.2 Å². The number of alkyl carbamates (subject to hydrolysis) is 1. The predicted molar refractivity (Wildman–Crippen MR) is 156 cm³/mol. The highest BCUT2D eigenvalue weighted by atomic mass is 16.6. The van der Waals surface area contributed by atoms with E-state index in [0.717, 1.165) is 11.1 Å². The fourth-order valence-corrected chi connectivity index (χ4v) is 4.12. The van der Waals surface area contributed by atoms with Crippen LogP contribution in [0.4, 0.5) is 4.79 Å². The zero-order chi connectivity index (χ0) is 30.1. The van der Waals surface area contributed by atoms with Gasteiger partial charge in [-0.15, -0.1) is 0 Å². The van der Waals surface area contributed by atoms with Crippen LogP contribution in [0.2, 0.25) is 0 Å². The zero-order valence-corrected chi connectivity index (χ0v) is 24.3. The molecule has 9 nitrogen and oxygen atoms in total. The van der Waals surface area contributed by atoms with Gasteiger partial charge < -0.3 is 26.0 Å². The lowest BCUT2D eigenvalue weighted by Crippen LogP contribution is -2.59. The number of nitrogens with zero attached hydrogens (tertiary/aromatic N) is 1. The molecular formula is C31H42N4O5.